The van der Waals surface area contributed by atoms with Gasteiger partial charge in [0.15, 0.2) is 28.8 Å². The zero-order chi connectivity index (χ0) is 41.4. The molecule has 0 spiro atoms. The van der Waals surface area contributed by atoms with Gasteiger partial charge in [-0.25, -0.2) is 9.59 Å². The van der Waals surface area contributed by atoms with Gasteiger partial charge < -0.3 is 43.4 Å². The Kier molecular flexibility index (Phi) is 13.9. The van der Waals surface area contributed by atoms with Crippen LogP contribution in [0.5, 0.6) is 23.0 Å². The van der Waals surface area contributed by atoms with Crippen molar-refractivity contribution >= 4 is 23.4 Å². The van der Waals surface area contributed by atoms with Gasteiger partial charge in [-0.1, -0.05) is 18.2 Å². The summed E-state index contributed by atoms with van der Waals surface area (Å²) in [5.74, 6) is 0.665. The number of ketones is 1. The lowest BCUT2D eigenvalue weighted by molar-refractivity contribution is -0.384. The Morgan fingerprint density at radius 2 is 1.65 bits per heavy atom. The highest BCUT2D eigenvalue weighted by Crippen LogP contribution is 2.41. The quantitative estimate of drug-likeness (QED) is 0.113. The minimum Gasteiger partial charge on any atom is -0.493 e. The van der Waals surface area contributed by atoms with E-state index < -0.39 is 22.8 Å². The molecule has 0 aromatic heterocycles. The standard InChI is InChI=1S/C21H26N2O7.C21H23NO5/c1-12(2)30-21(25)18-14(4)22-13(3)17(20(24)29-10-9-28-5)19(18)15-7-6-8-16(11-15)23(26)27;1-22-7-6-14-9-19-20(27-12-26-19)10-15(14)17(23)8-13-4-5-18(24-2)21(25-3)16(13)11-22/h6-8,11-12,19,22H,9-10H2,1-5H3;4-5,9-10H,6-8,11-12H2,1-3H3. The summed E-state index contributed by atoms with van der Waals surface area (Å²) < 4.78 is 37.6. The van der Waals surface area contributed by atoms with Gasteiger partial charge >= 0.3 is 11.9 Å². The summed E-state index contributed by atoms with van der Waals surface area (Å²) in [6, 6.07) is 13.4. The van der Waals surface area contributed by atoms with Crippen molar-refractivity contribution in [3.05, 3.63) is 109 Å². The van der Waals surface area contributed by atoms with Gasteiger partial charge in [-0.2, -0.15) is 0 Å². The van der Waals surface area contributed by atoms with E-state index in [9.17, 15) is 24.5 Å². The number of non-ortho nitro benzene ring substituents is 1. The number of likely N-dealkylation sites (N-methyl/N-ethyl adjacent to an activating group) is 1. The molecule has 0 saturated heterocycles. The summed E-state index contributed by atoms with van der Waals surface area (Å²) in [5.41, 5.74) is 5.31. The van der Waals surface area contributed by atoms with Gasteiger partial charge in [0, 0.05) is 61.3 Å². The highest BCUT2D eigenvalue weighted by atomic mass is 16.7. The van der Waals surface area contributed by atoms with E-state index in [4.69, 9.17) is 33.2 Å². The number of fused-ring (bicyclic) bond motifs is 3. The molecule has 0 amide bonds. The number of carbonyl (C=O) groups is 3. The molecule has 0 saturated carbocycles. The van der Waals surface area contributed by atoms with Gasteiger partial charge in [0.05, 0.1) is 48.9 Å². The third-order valence-electron chi connectivity index (χ3n) is 9.66. The van der Waals surface area contributed by atoms with E-state index in [-0.39, 0.29) is 48.7 Å². The lowest BCUT2D eigenvalue weighted by Gasteiger charge is -2.30. The second kappa shape index (κ2) is 18.8. The van der Waals surface area contributed by atoms with Crippen LogP contribution in [-0.2, 0) is 43.2 Å². The molecule has 1 atom stereocenters. The maximum atomic E-state index is 13.1. The number of carbonyl (C=O) groups excluding carboxylic acids is 3. The Morgan fingerprint density at radius 1 is 0.947 bits per heavy atom. The first-order valence-electron chi connectivity index (χ1n) is 18.4. The molecular formula is C42H49N3O12. The van der Waals surface area contributed by atoms with E-state index in [1.807, 2.05) is 24.3 Å². The summed E-state index contributed by atoms with van der Waals surface area (Å²) >= 11 is 0. The van der Waals surface area contributed by atoms with Crippen LogP contribution in [0.2, 0.25) is 0 Å². The zero-order valence-corrected chi connectivity index (χ0v) is 33.5. The van der Waals surface area contributed by atoms with Gasteiger partial charge in [-0.3, -0.25) is 14.9 Å². The van der Waals surface area contributed by atoms with Crippen LogP contribution >= 0.6 is 0 Å². The number of esters is 2. The number of hydrogen-bond donors (Lipinski definition) is 1. The van der Waals surface area contributed by atoms with E-state index in [0.717, 1.165) is 29.7 Å². The molecule has 15 nitrogen and oxygen atoms in total. The monoisotopic (exact) mass is 787 g/mol. The summed E-state index contributed by atoms with van der Waals surface area (Å²) in [5, 5.41) is 14.3. The van der Waals surface area contributed by atoms with Crippen molar-refractivity contribution in [3.8, 4) is 23.0 Å². The van der Waals surface area contributed by atoms with Crippen LogP contribution in [-0.4, -0.2) is 88.6 Å². The molecule has 0 fully saturated rings. The van der Waals surface area contributed by atoms with Crippen molar-refractivity contribution in [1.29, 1.82) is 0 Å². The van der Waals surface area contributed by atoms with Crippen molar-refractivity contribution in [3.63, 3.8) is 0 Å². The highest BCUT2D eigenvalue weighted by molar-refractivity contribution is 6.01. The molecule has 0 aliphatic carbocycles. The number of Topliss-reactive ketones (excluding diaryl/α,β-unsaturated/α-hetero) is 1. The molecule has 0 radical (unpaired) electrons. The fraction of sp³-hybridized carbons (Fsp3) is 0.405. The minimum absolute atomic E-state index is 0.0300. The Bertz CT molecular complexity index is 2090. The van der Waals surface area contributed by atoms with Gasteiger partial charge in [-0.05, 0) is 76.1 Å². The molecule has 57 heavy (non-hydrogen) atoms. The predicted molar refractivity (Wildman–Crippen MR) is 209 cm³/mol. The fourth-order valence-electron chi connectivity index (χ4n) is 7.01. The van der Waals surface area contributed by atoms with E-state index in [1.165, 1.54) is 25.3 Å². The van der Waals surface area contributed by atoms with Gasteiger partial charge in [0.2, 0.25) is 6.79 Å². The number of nitro benzene ring substituents is 1. The van der Waals surface area contributed by atoms with Gasteiger partial charge in [-0.15, -0.1) is 0 Å². The summed E-state index contributed by atoms with van der Waals surface area (Å²) in [4.78, 5) is 51.9. The molecule has 15 heteroatoms. The van der Waals surface area contributed by atoms with Gasteiger partial charge in [0.25, 0.3) is 5.69 Å². The minimum atomic E-state index is -0.882. The molecule has 3 aliphatic heterocycles. The van der Waals surface area contributed by atoms with Crippen molar-refractivity contribution in [2.75, 3.05) is 54.9 Å². The van der Waals surface area contributed by atoms with E-state index in [0.29, 0.717) is 58.5 Å². The van der Waals surface area contributed by atoms with Crippen molar-refractivity contribution < 1.29 is 52.5 Å². The van der Waals surface area contributed by atoms with Crippen LogP contribution in [0.1, 0.15) is 66.2 Å². The van der Waals surface area contributed by atoms with Crippen molar-refractivity contribution in [2.45, 2.75) is 59.1 Å². The number of ether oxygens (including phenoxy) is 7. The number of nitro groups is 1. The van der Waals surface area contributed by atoms with Crippen LogP contribution in [0.25, 0.3) is 0 Å². The first kappa shape index (κ1) is 42.2. The second-order valence-electron chi connectivity index (χ2n) is 14.0. The molecule has 6 rings (SSSR count). The van der Waals surface area contributed by atoms with Gasteiger partial charge in [0.1, 0.15) is 6.61 Å². The van der Waals surface area contributed by atoms with E-state index in [1.54, 1.807) is 48.0 Å². The van der Waals surface area contributed by atoms with Crippen LogP contribution in [0, 0.1) is 10.1 Å². The van der Waals surface area contributed by atoms with E-state index >= 15 is 0 Å². The Hall–Kier alpha value is -5.93. The number of benzene rings is 3. The Balaban J connectivity index is 0.000000218. The van der Waals surface area contributed by atoms with Crippen LogP contribution in [0.4, 0.5) is 5.69 Å². The molecule has 1 N–H and O–H groups in total. The Morgan fingerprint density at radius 3 is 2.30 bits per heavy atom. The fourth-order valence-corrected chi connectivity index (χ4v) is 7.01. The third-order valence-corrected chi connectivity index (χ3v) is 9.66. The van der Waals surface area contributed by atoms with Crippen LogP contribution < -0.4 is 24.3 Å². The maximum absolute atomic E-state index is 13.1. The summed E-state index contributed by atoms with van der Waals surface area (Å²) in [7, 11) is 6.81. The van der Waals surface area contributed by atoms with E-state index in [2.05, 4.69) is 17.3 Å². The third kappa shape index (κ3) is 9.73. The molecule has 3 aliphatic rings. The van der Waals surface area contributed by atoms with Crippen molar-refractivity contribution in [2.24, 2.45) is 0 Å². The normalized spacial score (nSPS) is 16.4. The number of nitrogens with zero attached hydrogens (tertiary/aromatic N) is 2. The predicted octanol–water partition coefficient (Wildman–Crippen LogP) is 5.82. The first-order valence-corrected chi connectivity index (χ1v) is 18.4. The molecule has 0 bridgehead atoms. The lowest BCUT2D eigenvalue weighted by Crippen LogP contribution is -2.33. The largest absolute Gasteiger partial charge is 0.493 e. The molecule has 304 valence electrons. The molecule has 3 aromatic rings. The summed E-state index contributed by atoms with van der Waals surface area (Å²) in [6.45, 7) is 8.74. The SMILES string of the molecule is COCCOC(=O)C1=C(C)NC(C)=C(C(=O)OC(C)C)C1c1cccc([N+](=O)[O-])c1.COc1ccc2c(c1OC)CN(C)CCc1cc3c(cc1C(=O)C2)OCO3. The molecule has 1 unspecified atom stereocenters. The summed E-state index contributed by atoms with van der Waals surface area (Å²) in [6.07, 6.45) is 0.680. The average Bonchev–Trinajstić information content (AvgIpc) is 3.64. The number of hydrogen-bond acceptors (Lipinski definition) is 14. The molecule has 3 aromatic carbocycles. The number of allylic oxidation sites excluding steroid dienone is 2. The second-order valence-corrected chi connectivity index (χ2v) is 14.0. The Labute approximate surface area is 331 Å². The molecule has 3 heterocycles. The zero-order valence-electron chi connectivity index (χ0n) is 33.5. The van der Waals surface area contributed by atoms with Crippen molar-refractivity contribution in [1.82, 2.24) is 10.2 Å². The highest BCUT2D eigenvalue weighted by Gasteiger charge is 2.39. The van der Waals surface area contributed by atoms with Crippen LogP contribution in [0.3, 0.4) is 0 Å². The smallest absolute Gasteiger partial charge is 0.337 e. The maximum Gasteiger partial charge on any atom is 0.337 e. The first-order chi connectivity index (χ1) is 27.3. The number of methoxy groups -OCH3 is 3. The topological polar surface area (TPSA) is 174 Å². The number of rotatable bonds is 10. The average molecular weight is 788 g/mol. The lowest BCUT2D eigenvalue weighted by atomic mass is 9.80. The van der Waals surface area contributed by atoms with Crippen LogP contribution in [0.15, 0.2) is 71.1 Å². The number of nitrogens with one attached hydrogen (secondary N) is 1. The molecular weight excluding hydrogens is 738 g/mol. The number of dihydropyridines is 1.